The van der Waals surface area contributed by atoms with Crippen molar-refractivity contribution >= 4 is 35.0 Å². The van der Waals surface area contributed by atoms with E-state index in [1.165, 1.54) is 14.2 Å². The van der Waals surface area contributed by atoms with Gasteiger partial charge in [0, 0.05) is 17.7 Å². The lowest BCUT2D eigenvalue weighted by Crippen LogP contribution is -2.56. The van der Waals surface area contributed by atoms with Crippen LogP contribution >= 0.6 is 0 Å². The summed E-state index contributed by atoms with van der Waals surface area (Å²) in [5.74, 6) is 1.39. The summed E-state index contributed by atoms with van der Waals surface area (Å²) in [5.41, 5.74) is 7.13. The minimum Gasteiger partial charge on any atom is -0.492 e. The highest BCUT2D eigenvalue weighted by Gasteiger charge is 2.43. The predicted octanol–water partition coefficient (Wildman–Crippen LogP) is 8.14. The smallest absolute Gasteiger partial charge is 0.407 e. The molecule has 5 aromatic rings. The molecule has 1 unspecified atom stereocenters. The van der Waals surface area contributed by atoms with Crippen molar-refractivity contribution in [2.24, 2.45) is 11.8 Å². The number of alkyl carbamates (subject to hydrolysis) is 2. The highest BCUT2D eigenvalue weighted by molar-refractivity contribution is 5.88. The molecule has 64 heavy (non-hydrogen) atoms. The highest BCUT2D eigenvalue weighted by atomic mass is 16.5. The van der Waals surface area contributed by atoms with Gasteiger partial charge in [-0.15, -0.1) is 0 Å². The van der Waals surface area contributed by atoms with E-state index in [1.54, 1.807) is 0 Å². The number of aromatic amines is 2. The maximum atomic E-state index is 13.8. The number of carbonyl (C=O) groups excluding carboxylic acids is 4. The summed E-state index contributed by atoms with van der Waals surface area (Å²) in [6, 6.07) is 19.3. The Morgan fingerprint density at radius 3 is 1.69 bits per heavy atom. The maximum Gasteiger partial charge on any atom is 0.407 e. The van der Waals surface area contributed by atoms with Crippen LogP contribution in [-0.4, -0.2) is 76.8 Å². The first-order valence-corrected chi connectivity index (χ1v) is 22.6. The molecule has 1 aliphatic heterocycles. The van der Waals surface area contributed by atoms with E-state index in [9.17, 15) is 19.2 Å². The van der Waals surface area contributed by atoms with Crippen LogP contribution in [0.25, 0.3) is 44.5 Å². The number of hydrogen-bond acceptors (Lipinski definition) is 9. The Hall–Kier alpha value is -6.38. The van der Waals surface area contributed by atoms with Gasteiger partial charge in [0.25, 0.3) is 0 Å². The second-order valence-corrected chi connectivity index (χ2v) is 18.2. The largest absolute Gasteiger partial charge is 0.492 e. The van der Waals surface area contributed by atoms with Gasteiger partial charge in [0.2, 0.25) is 11.8 Å². The third-order valence-corrected chi connectivity index (χ3v) is 13.3. The standard InChI is InChI=1S/C49H60N8O7/c1-28(2)39(54-46(60)62-5)42(58)56-48(23-10-11-24-48)44-50-35-19-17-32(26-37(35)52-44)30-12-14-31(15-13-30)33-16-18-34-38(27-33)64-25-20-36-41(34)53-45(51-36)49(21-8-7-9-22-49)57-43(59)40(29(3)4)55-47(61)63-6/h12-19,26-29,39-40H,7-11,20-25H2,1-6H3,(H,50,52)(H,51,53)(H,54,60)(H,55,61)(H,56,58)(H,57,59)/t39?,40-/m0/s1. The Morgan fingerprint density at radius 2 is 1.14 bits per heavy atom. The molecule has 0 saturated heterocycles. The van der Waals surface area contributed by atoms with Gasteiger partial charge in [0.05, 0.1) is 48.6 Å². The zero-order valence-corrected chi connectivity index (χ0v) is 37.6. The van der Waals surface area contributed by atoms with Crippen molar-refractivity contribution in [3.8, 4) is 39.3 Å². The molecule has 3 aliphatic rings. The molecule has 15 nitrogen and oxygen atoms in total. The van der Waals surface area contributed by atoms with Crippen molar-refractivity contribution in [2.45, 2.75) is 115 Å². The van der Waals surface area contributed by atoms with Gasteiger partial charge in [-0.25, -0.2) is 19.6 Å². The summed E-state index contributed by atoms with van der Waals surface area (Å²) in [4.78, 5) is 68.9. The second kappa shape index (κ2) is 18.4. The fraction of sp³-hybridized carbons (Fsp3) is 0.469. The molecule has 2 fully saturated rings. The Labute approximate surface area is 373 Å². The maximum absolute atomic E-state index is 13.8. The molecule has 2 aliphatic carbocycles. The summed E-state index contributed by atoms with van der Waals surface area (Å²) < 4.78 is 15.9. The molecule has 8 rings (SSSR count). The second-order valence-electron chi connectivity index (χ2n) is 18.2. The van der Waals surface area contributed by atoms with Gasteiger partial charge in [0.1, 0.15) is 29.5 Å². The van der Waals surface area contributed by atoms with Gasteiger partial charge >= 0.3 is 12.2 Å². The van der Waals surface area contributed by atoms with Gasteiger partial charge in [-0.3, -0.25) is 9.59 Å². The number of hydrogen-bond donors (Lipinski definition) is 6. The van der Waals surface area contributed by atoms with Crippen molar-refractivity contribution < 1.29 is 33.4 Å². The van der Waals surface area contributed by atoms with Gasteiger partial charge in [0.15, 0.2) is 0 Å². The van der Waals surface area contributed by atoms with Crippen LogP contribution in [0.2, 0.25) is 0 Å². The van der Waals surface area contributed by atoms with Crippen LogP contribution in [0.1, 0.15) is 103 Å². The minimum absolute atomic E-state index is 0.141. The fourth-order valence-electron chi connectivity index (χ4n) is 9.64. The molecular formula is C49H60N8O7. The summed E-state index contributed by atoms with van der Waals surface area (Å²) in [7, 11) is 2.58. The lowest BCUT2D eigenvalue weighted by Gasteiger charge is -2.38. The monoisotopic (exact) mass is 872 g/mol. The lowest BCUT2D eigenvalue weighted by molar-refractivity contribution is -0.127. The zero-order chi connectivity index (χ0) is 45.2. The van der Waals surface area contributed by atoms with E-state index in [-0.39, 0.29) is 23.7 Å². The summed E-state index contributed by atoms with van der Waals surface area (Å²) in [5, 5.41) is 12.0. The predicted molar refractivity (Wildman–Crippen MR) is 243 cm³/mol. The highest BCUT2D eigenvalue weighted by Crippen LogP contribution is 2.43. The van der Waals surface area contributed by atoms with Gasteiger partial charge in [-0.1, -0.05) is 96.2 Å². The van der Waals surface area contributed by atoms with E-state index < -0.39 is 35.3 Å². The lowest BCUT2D eigenvalue weighted by atomic mass is 9.80. The van der Waals surface area contributed by atoms with Crippen LogP contribution < -0.4 is 26.0 Å². The molecule has 2 atom stereocenters. The molecule has 3 aromatic carbocycles. The molecule has 2 saturated carbocycles. The molecule has 3 heterocycles. The van der Waals surface area contributed by atoms with Crippen molar-refractivity contribution in [3.63, 3.8) is 0 Å². The zero-order valence-electron chi connectivity index (χ0n) is 37.6. The third-order valence-electron chi connectivity index (χ3n) is 13.3. The average molecular weight is 873 g/mol. The fourth-order valence-corrected chi connectivity index (χ4v) is 9.64. The molecule has 2 aromatic heterocycles. The molecule has 0 spiro atoms. The Kier molecular flexibility index (Phi) is 12.7. The number of imidazole rings is 2. The number of H-pyrrole nitrogens is 2. The van der Waals surface area contributed by atoms with E-state index >= 15 is 0 Å². The van der Waals surface area contributed by atoms with Crippen LogP contribution in [0.5, 0.6) is 5.75 Å². The van der Waals surface area contributed by atoms with E-state index in [2.05, 4.69) is 85.8 Å². The number of fused-ring (bicyclic) bond motifs is 4. The van der Waals surface area contributed by atoms with Crippen LogP contribution in [-0.2, 0) is 36.6 Å². The number of nitrogens with zero attached hydrogens (tertiary/aromatic N) is 2. The number of aromatic nitrogens is 4. The Morgan fingerprint density at radius 1 is 0.641 bits per heavy atom. The number of methoxy groups -OCH3 is 2. The number of carbonyl (C=O) groups is 4. The normalized spacial score (nSPS) is 17.3. The summed E-state index contributed by atoms with van der Waals surface area (Å²) >= 11 is 0. The van der Waals surface area contributed by atoms with E-state index in [0.29, 0.717) is 13.0 Å². The van der Waals surface area contributed by atoms with Crippen LogP contribution in [0.4, 0.5) is 9.59 Å². The summed E-state index contributed by atoms with van der Waals surface area (Å²) in [6.07, 6.45) is 7.19. The van der Waals surface area contributed by atoms with E-state index in [0.717, 1.165) is 125 Å². The van der Waals surface area contributed by atoms with E-state index in [4.69, 9.17) is 24.2 Å². The average Bonchev–Trinajstić information content (AvgIpc) is 4.05. The Balaban J connectivity index is 1.01. The molecule has 338 valence electrons. The van der Waals surface area contributed by atoms with Crippen LogP contribution in [0.15, 0.2) is 60.7 Å². The Bertz CT molecular complexity index is 2510. The van der Waals surface area contributed by atoms with Crippen molar-refractivity contribution in [2.75, 3.05) is 20.8 Å². The first-order valence-electron chi connectivity index (χ1n) is 22.6. The third kappa shape index (κ3) is 8.89. The SMILES string of the molecule is COC(=O)NC(C(=O)NC1(c2nc3ccc(-c4ccc(-c5ccc6c(c5)OCCc5[nH]c(C7(NC(=O)[C@@H](NC(=O)OC)C(C)C)CCCCC7)nc5-6)cc4)cc3[nH]2)CCCC1)C(C)C. The number of rotatable bonds is 12. The number of ether oxygens (including phenoxy) is 3. The van der Waals surface area contributed by atoms with Crippen LogP contribution in [0.3, 0.4) is 0 Å². The topological polar surface area (TPSA) is 201 Å². The first kappa shape index (κ1) is 44.2. The van der Waals surface area contributed by atoms with Crippen molar-refractivity contribution in [1.29, 1.82) is 0 Å². The summed E-state index contributed by atoms with van der Waals surface area (Å²) in [6.45, 7) is 8.05. The van der Waals surface area contributed by atoms with Crippen molar-refractivity contribution in [3.05, 3.63) is 78.0 Å². The number of benzene rings is 3. The van der Waals surface area contributed by atoms with Crippen molar-refractivity contribution in [1.82, 2.24) is 41.2 Å². The van der Waals surface area contributed by atoms with Gasteiger partial charge in [-0.2, -0.15) is 0 Å². The number of nitrogens with one attached hydrogen (secondary N) is 6. The minimum atomic E-state index is -0.755. The van der Waals surface area contributed by atoms with E-state index in [1.807, 2.05) is 33.8 Å². The quantitative estimate of drug-likeness (QED) is 0.0716. The first-order chi connectivity index (χ1) is 30.8. The van der Waals surface area contributed by atoms with Crippen LogP contribution in [0, 0.1) is 11.8 Å². The molecule has 0 radical (unpaired) electrons. The van der Waals surface area contributed by atoms with Gasteiger partial charge in [-0.05, 0) is 84.0 Å². The number of amides is 4. The molecule has 15 heteroatoms. The molecule has 6 N–H and O–H groups in total. The van der Waals surface area contributed by atoms with Gasteiger partial charge < -0.3 is 45.4 Å². The molecular weight excluding hydrogens is 813 g/mol. The molecule has 4 amide bonds. The molecule has 0 bridgehead atoms.